The molecule has 0 radical (unpaired) electrons. The molecule has 0 spiro atoms. The molecule has 0 unspecified atom stereocenters. The first-order valence-electron chi connectivity index (χ1n) is 8.07. The Morgan fingerprint density at radius 1 is 1.22 bits per heavy atom. The number of aromatic nitrogens is 3. The van der Waals surface area contributed by atoms with E-state index in [0.29, 0.717) is 18.0 Å². The number of thiophene rings is 1. The van der Waals surface area contributed by atoms with E-state index in [1.54, 1.807) is 34.1 Å². The summed E-state index contributed by atoms with van der Waals surface area (Å²) in [6, 6.07) is 10.3. The van der Waals surface area contributed by atoms with E-state index in [0.717, 1.165) is 15.5 Å². The molecule has 1 aromatic carbocycles. The van der Waals surface area contributed by atoms with Gasteiger partial charge in [0, 0.05) is 24.4 Å². The Morgan fingerprint density at radius 3 is 2.89 bits per heavy atom. The molecular weight excluding hydrogens is 404 g/mol. The first-order chi connectivity index (χ1) is 13.1. The van der Waals surface area contributed by atoms with Gasteiger partial charge in [-0.15, -0.1) is 27.8 Å². The fourth-order valence-electron chi connectivity index (χ4n) is 2.57. The molecule has 3 heterocycles. The molecule has 0 saturated heterocycles. The van der Waals surface area contributed by atoms with E-state index in [4.69, 9.17) is 4.74 Å². The number of ether oxygens (including phenoxy) is 1. The summed E-state index contributed by atoms with van der Waals surface area (Å²) < 4.78 is 34.4. The number of methoxy groups -OCH3 is 1. The minimum atomic E-state index is -3.60. The molecule has 0 atom stereocenters. The summed E-state index contributed by atoms with van der Waals surface area (Å²) in [5.41, 5.74) is 0.915. The lowest BCUT2D eigenvalue weighted by Crippen LogP contribution is -2.26. The third-order valence-corrected chi connectivity index (χ3v) is 7.11. The summed E-state index contributed by atoms with van der Waals surface area (Å²) in [6.45, 7) is 0.263. The molecule has 0 aliphatic carbocycles. The van der Waals surface area contributed by atoms with E-state index >= 15 is 0 Å². The molecule has 0 bridgehead atoms. The van der Waals surface area contributed by atoms with Crippen LogP contribution in [0.2, 0.25) is 0 Å². The minimum absolute atomic E-state index is 0.179. The van der Waals surface area contributed by atoms with Crippen LogP contribution >= 0.6 is 22.7 Å². The van der Waals surface area contributed by atoms with E-state index in [2.05, 4.69) is 14.8 Å². The van der Waals surface area contributed by atoms with E-state index in [9.17, 15) is 8.42 Å². The highest BCUT2D eigenvalue weighted by atomic mass is 32.2. The lowest BCUT2D eigenvalue weighted by atomic mass is 10.3. The Bertz CT molecular complexity index is 1160. The topological polar surface area (TPSA) is 85.6 Å². The highest BCUT2D eigenvalue weighted by molar-refractivity contribution is 7.89. The largest absolute Gasteiger partial charge is 0.497 e. The second kappa shape index (κ2) is 7.39. The Kier molecular flexibility index (Phi) is 4.96. The Balaban J connectivity index is 1.47. The molecule has 4 aromatic rings. The lowest BCUT2D eigenvalue weighted by molar-refractivity contribution is 0.413. The first-order valence-corrected chi connectivity index (χ1v) is 11.3. The lowest BCUT2D eigenvalue weighted by Gasteiger charge is -2.07. The van der Waals surface area contributed by atoms with Crippen molar-refractivity contribution in [1.29, 1.82) is 0 Å². The second-order valence-electron chi connectivity index (χ2n) is 5.66. The first kappa shape index (κ1) is 18.1. The van der Waals surface area contributed by atoms with Crippen molar-refractivity contribution in [1.82, 2.24) is 19.3 Å². The molecule has 0 fully saturated rings. The average Bonchev–Trinajstić information content (AvgIpc) is 3.39. The molecule has 0 aliphatic heterocycles. The van der Waals surface area contributed by atoms with Gasteiger partial charge in [0.2, 0.25) is 15.0 Å². The zero-order valence-corrected chi connectivity index (χ0v) is 16.8. The van der Waals surface area contributed by atoms with Crippen molar-refractivity contribution in [3.63, 3.8) is 0 Å². The predicted octanol–water partition coefficient (Wildman–Crippen LogP) is 3.05. The monoisotopic (exact) mass is 420 g/mol. The second-order valence-corrected chi connectivity index (χ2v) is 9.21. The zero-order valence-electron chi connectivity index (χ0n) is 14.3. The van der Waals surface area contributed by atoms with Crippen molar-refractivity contribution < 1.29 is 13.2 Å². The van der Waals surface area contributed by atoms with Crippen LogP contribution in [0.3, 0.4) is 0 Å². The number of sulfonamides is 1. The van der Waals surface area contributed by atoms with Crippen molar-refractivity contribution in [3.05, 3.63) is 52.9 Å². The maximum Gasteiger partial charge on any atom is 0.240 e. The maximum atomic E-state index is 12.5. The normalized spacial score (nSPS) is 11.9. The van der Waals surface area contributed by atoms with Gasteiger partial charge in [-0.3, -0.25) is 0 Å². The van der Waals surface area contributed by atoms with Crippen LogP contribution < -0.4 is 9.46 Å². The van der Waals surface area contributed by atoms with E-state index < -0.39 is 10.0 Å². The molecule has 4 rings (SSSR count). The smallest absolute Gasteiger partial charge is 0.240 e. The van der Waals surface area contributed by atoms with Crippen LogP contribution in [0.1, 0.15) is 5.69 Å². The number of nitrogens with zero attached hydrogens (tertiary/aromatic N) is 3. The van der Waals surface area contributed by atoms with Gasteiger partial charge >= 0.3 is 0 Å². The van der Waals surface area contributed by atoms with E-state index in [1.807, 2.05) is 22.9 Å². The zero-order chi connectivity index (χ0) is 18.9. The van der Waals surface area contributed by atoms with Crippen molar-refractivity contribution in [2.45, 2.75) is 11.3 Å². The average molecular weight is 421 g/mol. The molecular formula is C17H16N4O3S3. The number of hydrogen-bond donors (Lipinski definition) is 1. The van der Waals surface area contributed by atoms with Gasteiger partial charge in [0.1, 0.15) is 5.75 Å². The summed E-state index contributed by atoms with van der Waals surface area (Å²) in [4.78, 5) is 6.51. The highest BCUT2D eigenvalue weighted by Crippen LogP contribution is 2.24. The van der Waals surface area contributed by atoms with Crippen LogP contribution in [0.15, 0.2) is 52.1 Å². The number of hydrogen-bond acceptors (Lipinski definition) is 7. The maximum absolute atomic E-state index is 12.5. The minimum Gasteiger partial charge on any atom is -0.497 e. The van der Waals surface area contributed by atoms with Crippen LogP contribution in [0.4, 0.5) is 0 Å². The van der Waals surface area contributed by atoms with Gasteiger partial charge in [-0.05, 0) is 23.6 Å². The molecule has 0 aliphatic rings. The molecule has 27 heavy (non-hydrogen) atoms. The van der Waals surface area contributed by atoms with Gasteiger partial charge in [0.25, 0.3) is 0 Å². The Morgan fingerprint density at radius 2 is 2.11 bits per heavy atom. The molecule has 3 aromatic heterocycles. The molecule has 1 N–H and O–H groups in total. The third kappa shape index (κ3) is 3.74. The fraction of sp³-hybridized carbons (Fsp3) is 0.176. The number of nitrogens with one attached hydrogen (secondary N) is 1. The van der Waals surface area contributed by atoms with Crippen molar-refractivity contribution in [2.24, 2.45) is 0 Å². The molecule has 7 nitrogen and oxygen atoms in total. The van der Waals surface area contributed by atoms with Gasteiger partial charge in [-0.1, -0.05) is 12.1 Å². The van der Waals surface area contributed by atoms with Gasteiger partial charge in [-0.25, -0.2) is 17.7 Å². The third-order valence-electron chi connectivity index (χ3n) is 3.92. The quantitative estimate of drug-likeness (QED) is 0.497. The number of benzene rings is 1. The molecule has 140 valence electrons. The summed E-state index contributed by atoms with van der Waals surface area (Å²) in [6.07, 6.45) is 0.510. The SMILES string of the molecule is COc1cccc(S(=O)(=O)NCCc2csc3nc(-c4cccs4)nn23)c1. The summed E-state index contributed by atoms with van der Waals surface area (Å²) in [5, 5.41) is 8.48. The summed E-state index contributed by atoms with van der Waals surface area (Å²) >= 11 is 3.08. The number of thiazole rings is 1. The predicted molar refractivity (Wildman–Crippen MR) is 106 cm³/mol. The van der Waals surface area contributed by atoms with E-state index in [1.165, 1.54) is 24.5 Å². The van der Waals surface area contributed by atoms with Crippen molar-refractivity contribution in [3.8, 4) is 16.5 Å². The highest BCUT2D eigenvalue weighted by Gasteiger charge is 2.16. The van der Waals surface area contributed by atoms with Crippen LogP contribution in [0.25, 0.3) is 15.7 Å². The number of rotatable bonds is 7. The summed E-state index contributed by atoms with van der Waals surface area (Å²) in [5.74, 6) is 1.19. The number of fused-ring (bicyclic) bond motifs is 1. The van der Waals surface area contributed by atoms with Crippen molar-refractivity contribution in [2.75, 3.05) is 13.7 Å². The molecule has 10 heteroatoms. The van der Waals surface area contributed by atoms with Crippen molar-refractivity contribution >= 4 is 37.7 Å². The van der Waals surface area contributed by atoms with Gasteiger partial charge in [-0.2, -0.15) is 4.98 Å². The Hall–Kier alpha value is -2.27. The molecule has 0 saturated carbocycles. The van der Waals surface area contributed by atoms with Crippen LogP contribution in [0.5, 0.6) is 5.75 Å². The Labute approximate surface area is 164 Å². The van der Waals surface area contributed by atoms with Crippen LogP contribution in [-0.2, 0) is 16.4 Å². The van der Waals surface area contributed by atoms with Crippen LogP contribution in [0, 0.1) is 0 Å². The van der Waals surface area contributed by atoms with Gasteiger partial charge in [0.05, 0.1) is 22.6 Å². The van der Waals surface area contributed by atoms with E-state index in [-0.39, 0.29) is 11.4 Å². The van der Waals surface area contributed by atoms with Crippen LogP contribution in [-0.4, -0.2) is 36.7 Å². The molecule has 0 amide bonds. The summed E-state index contributed by atoms with van der Waals surface area (Å²) in [7, 11) is -2.10. The fourth-order valence-corrected chi connectivity index (χ4v) is 5.15. The van der Waals surface area contributed by atoms with Gasteiger partial charge < -0.3 is 4.74 Å². The van der Waals surface area contributed by atoms with Gasteiger partial charge in [0.15, 0.2) is 5.82 Å². The standard InChI is InChI=1S/C17H16N4O3S3/c1-24-13-4-2-5-14(10-13)27(22,23)18-8-7-12-11-26-17-19-16(20-21(12)17)15-6-3-9-25-15/h2-6,9-11,18H,7-8H2,1H3.